The number of hydrogen-bond acceptors (Lipinski definition) is 5. The smallest absolute Gasteiger partial charge is 0.230 e. The SMILES string of the molecule is CCOc1ccc(-c2nc(CC(=O)Nc3ccc(-c4ncc5n4CCCC5)cc3)cs2)cc1. The van der Waals surface area contributed by atoms with Gasteiger partial charge in [-0.05, 0) is 74.7 Å². The molecular weight excluding hydrogens is 432 g/mol. The van der Waals surface area contributed by atoms with Gasteiger partial charge in [0.1, 0.15) is 16.6 Å². The maximum absolute atomic E-state index is 12.6. The Labute approximate surface area is 197 Å². The fourth-order valence-electron chi connectivity index (χ4n) is 4.12. The molecule has 0 fully saturated rings. The van der Waals surface area contributed by atoms with Gasteiger partial charge in [-0.2, -0.15) is 0 Å². The number of hydrogen-bond donors (Lipinski definition) is 1. The number of ether oxygens (including phenoxy) is 1. The number of amides is 1. The highest BCUT2D eigenvalue weighted by molar-refractivity contribution is 7.13. The Morgan fingerprint density at radius 1 is 1.09 bits per heavy atom. The Bertz CT molecular complexity index is 1240. The highest BCUT2D eigenvalue weighted by Crippen LogP contribution is 2.27. The second-order valence-corrected chi connectivity index (χ2v) is 8.94. The zero-order chi connectivity index (χ0) is 22.6. The van der Waals surface area contributed by atoms with E-state index < -0.39 is 0 Å². The molecule has 5 rings (SSSR count). The first-order chi connectivity index (χ1) is 16.2. The molecule has 2 aromatic carbocycles. The normalized spacial score (nSPS) is 12.9. The van der Waals surface area contributed by atoms with E-state index in [2.05, 4.69) is 19.9 Å². The summed E-state index contributed by atoms with van der Waals surface area (Å²) in [5, 5.41) is 5.81. The van der Waals surface area contributed by atoms with Crippen molar-refractivity contribution in [3.63, 3.8) is 0 Å². The standard InChI is InChI=1S/C26H26N4O2S/c1-2-32-23-12-8-19(9-13-23)26-29-21(17-33-26)15-24(31)28-20-10-6-18(7-11-20)25-27-16-22-5-3-4-14-30(22)25/h6-13,16-17H,2-5,14-15H2,1H3,(H,28,31). The van der Waals surface area contributed by atoms with Crippen LogP contribution in [-0.4, -0.2) is 27.0 Å². The molecule has 1 amide bonds. The number of aryl methyl sites for hydroxylation is 1. The van der Waals surface area contributed by atoms with E-state index in [9.17, 15) is 4.79 Å². The molecule has 33 heavy (non-hydrogen) atoms. The van der Waals surface area contributed by atoms with E-state index in [1.165, 1.54) is 18.5 Å². The van der Waals surface area contributed by atoms with Crippen LogP contribution in [0.4, 0.5) is 5.69 Å². The van der Waals surface area contributed by atoms with Crippen molar-refractivity contribution in [2.45, 2.75) is 39.2 Å². The maximum Gasteiger partial charge on any atom is 0.230 e. The van der Waals surface area contributed by atoms with Crippen molar-refractivity contribution in [3.8, 4) is 27.7 Å². The summed E-state index contributed by atoms with van der Waals surface area (Å²) in [5.74, 6) is 1.77. The topological polar surface area (TPSA) is 69.0 Å². The summed E-state index contributed by atoms with van der Waals surface area (Å²) in [7, 11) is 0. The molecule has 0 spiro atoms. The average molecular weight is 459 g/mol. The van der Waals surface area contributed by atoms with Crippen molar-refractivity contribution in [3.05, 3.63) is 71.5 Å². The summed E-state index contributed by atoms with van der Waals surface area (Å²) in [6, 6.07) is 15.8. The third kappa shape index (κ3) is 4.83. The van der Waals surface area contributed by atoms with Crippen LogP contribution in [0.2, 0.25) is 0 Å². The number of carbonyl (C=O) groups excluding carboxylic acids is 1. The van der Waals surface area contributed by atoms with E-state index in [1.807, 2.05) is 67.0 Å². The van der Waals surface area contributed by atoms with Crippen LogP contribution in [0.5, 0.6) is 5.75 Å². The van der Waals surface area contributed by atoms with E-state index in [4.69, 9.17) is 4.74 Å². The summed E-state index contributed by atoms with van der Waals surface area (Å²) in [6.07, 6.45) is 5.75. The predicted octanol–water partition coefficient (Wildman–Crippen LogP) is 5.59. The van der Waals surface area contributed by atoms with E-state index in [0.29, 0.717) is 6.61 Å². The van der Waals surface area contributed by atoms with Crippen LogP contribution in [0.25, 0.3) is 22.0 Å². The Kier molecular flexibility index (Phi) is 6.21. The van der Waals surface area contributed by atoms with Crippen molar-refractivity contribution < 1.29 is 9.53 Å². The summed E-state index contributed by atoms with van der Waals surface area (Å²) in [4.78, 5) is 21.8. The van der Waals surface area contributed by atoms with Gasteiger partial charge in [-0.1, -0.05) is 0 Å². The predicted molar refractivity (Wildman–Crippen MR) is 132 cm³/mol. The van der Waals surface area contributed by atoms with Gasteiger partial charge in [0.15, 0.2) is 0 Å². The second kappa shape index (κ2) is 9.58. The number of benzene rings is 2. The summed E-state index contributed by atoms with van der Waals surface area (Å²) in [6.45, 7) is 3.63. The molecule has 0 unspecified atom stereocenters. The lowest BCUT2D eigenvalue weighted by Gasteiger charge is -2.16. The number of fused-ring (bicyclic) bond motifs is 1. The van der Waals surface area contributed by atoms with E-state index in [-0.39, 0.29) is 12.3 Å². The third-order valence-corrected chi connectivity index (χ3v) is 6.68. The Morgan fingerprint density at radius 2 is 1.88 bits per heavy atom. The molecule has 0 saturated heterocycles. The van der Waals surface area contributed by atoms with Crippen LogP contribution >= 0.6 is 11.3 Å². The highest BCUT2D eigenvalue weighted by atomic mass is 32.1. The third-order valence-electron chi connectivity index (χ3n) is 5.74. The second-order valence-electron chi connectivity index (χ2n) is 8.09. The molecule has 1 N–H and O–H groups in total. The molecule has 1 aliphatic heterocycles. The first kappa shape index (κ1) is 21.4. The van der Waals surface area contributed by atoms with Crippen molar-refractivity contribution >= 4 is 22.9 Å². The lowest BCUT2D eigenvalue weighted by atomic mass is 10.1. The maximum atomic E-state index is 12.6. The molecule has 3 heterocycles. The molecule has 0 saturated carbocycles. The molecule has 0 atom stereocenters. The summed E-state index contributed by atoms with van der Waals surface area (Å²) in [5.41, 5.74) is 4.94. The Hall–Kier alpha value is -3.45. The number of nitrogens with zero attached hydrogens (tertiary/aromatic N) is 3. The van der Waals surface area contributed by atoms with Crippen LogP contribution in [0, 0.1) is 0 Å². The van der Waals surface area contributed by atoms with Crippen LogP contribution in [0.15, 0.2) is 60.1 Å². The van der Waals surface area contributed by atoms with Gasteiger partial charge in [-0.25, -0.2) is 9.97 Å². The molecular formula is C26H26N4O2S. The summed E-state index contributed by atoms with van der Waals surface area (Å²) >= 11 is 1.54. The van der Waals surface area contributed by atoms with Crippen LogP contribution in [0.3, 0.4) is 0 Å². The molecule has 0 radical (unpaired) electrons. The highest BCUT2D eigenvalue weighted by Gasteiger charge is 2.15. The van der Waals surface area contributed by atoms with Gasteiger partial charge in [0.25, 0.3) is 0 Å². The van der Waals surface area contributed by atoms with Gasteiger partial charge in [0.05, 0.1) is 18.7 Å². The first-order valence-corrected chi connectivity index (χ1v) is 12.2. The van der Waals surface area contributed by atoms with Crippen LogP contribution in [0.1, 0.15) is 31.2 Å². The molecule has 168 valence electrons. The van der Waals surface area contributed by atoms with Gasteiger partial charge in [0.2, 0.25) is 5.91 Å². The quantitative estimate of drug-likeness (QED) is 0.392. The van der Waals surface area contributed by atoms with Gasteiger partial charge in [-0.15, -0.1) is 11.3 Å². The minimum absolute atomic E-state index is 0.0792. The molecule has 1 aliphatic rings. The largest absolute Gasteiger partial charge is 0.494 e. The monoisotopic (exact) mass is 458 g/mol. The molecule has 6 nitrogen and oxygen atoms in total. The van der Waals surface area contributed by atoms with Gasteiger partial charge in [-0.3, -0.25) is 4.79 Å². The lowest BCUT2D eigenvalue weighted by Crippen LogP contribution is -2.14. The summed E-state index contributed by atoms with van der Waals surface area (Å²) < 4.78 is 7.80. The number of rotatable bonds is 7. The Balaban J connectivity index is 1.20. The molecule has 7 heteroatoms. The van der Waals surface area contributed by atoms with Crippen LogP contribution < -0.4 is 10.1 Å². The average Bonchev–Trinajstić information content (AvgIpc) is 3.48. The first-order valence-electron chi connectivity index (χ1n) is 11.3. The van der Waals surface area contributed by atoms with Crippen molar-refractivity contribution in [1.29, 1.82) is 0 Å². The van der Waals surface area contributed by atoms with E-state index >= 15 is 0 Å². The fourth-order valence-corrected chi connectivity index (χ4v) is 4.95. The number of anilines is 1. The fraction of sp³-hybridized carbons (Fsp3) is 0.269. The van der Waals surface area contributed by atoms with Gasteiger partial charge >= 0.3 is 0 Å². The zero-order valence-electron chi connectivity index (χ0n) is 18.6. The van der Waals surface area contributed by atoms with E-state index in [0.717, 1.165) is 52.1 Å². The number of imidazole rings is 1. The molecule has 4 aromatic rings. The zero-order valence-corrected chi connectivity index (χ0v) is 19.4. The minimum Gasteiger partial charge on any atom is -0.494 e. The number of carbonyl (C=O) groups is 1. The van der Waals surface area contributed by atoms with Crippen molar-refractivity contribution in [1.82, 2.24) is 14.5 Å². The number of nitrogens with one attached hydrogen (secondary N) is 1. The number of aromatic nitrogens is 3. The lowest BCUT2D eigenvalue weighted by molar-refractivity contribution is -0.115. The van der Waals surface area contributed by atoms with Crippen molar-refractivity contribution in [2.75, 3.05) is 11.9 Å². The minimum atomic E-state index is -0.0792. The van der Waals surface area contributed by atoms with Gasteiger partial charge in [0, 0.05) is 40.6 Å². The van der Waals surface area contributed by atoms with Crippen molar-refractivity contribution in [2.24, 2.45) is 0 Å². The molecule has 0 aliphatic carbocycles. The molecule has 0 bridgehead atoms. The number of thiazole rings is 1. The van der Waals surface area contributed by atoms with Crippen LogP contribution in [-0.2, 0) is 24.2 Å². The van der Waals surface area contributed by atoms with Gasteiger partial charge < -0.3 is 14.6 Å². The Morgan fingerprint density at radius 3 is 2.67 bits per heavy atom. The van der Waals surface area contributed by atoms with E-state index in [1.54, 1.807) is 11.3 Å². The molecule has 2 aromatic heterocycles.